The van der Waals surface area contributed by atoms with Gasteiger partial charge in [0.2, 0.25) is 5.89 Å². The lowest BCUT2D eigenvalue weighted by atomic mass is 10.3. The van der Waals surface area contributed by atoms with Gasteiger partial charge in [0.15, 0.2) is 0 Å². The average Bonchev–Trinajstić information content (AvgIpc) is 2.53. The van der Waals surface area contributed by atoms with Crippen LogP contribution >= 0.6 is 0 Å². The van der Waals surface area contributed by atoms with E-state index in [1.807, 2.05) is 13.8 Å². The monoisotopic (exact) mass is 175 g/mol. The summed E-state index contributed by atoms with van der Waals surface area (Å²) >= 11 is 0. The second-order valence-electron chi connectivity index (χ2n) is 2.80. The van der Waals surface area contributed by atoms with E-state index in [0.29, 0.717) is 5.89 Å². The van der Waals surface area contributed by atoms with E-state index in [1.54, 1.807) is 18.6 Å². The number of nitrogens with zero attached hydrogens (tertiary/aromatic N) is 3. The van der Waals surface area contributed by atoms with Crippen LogP contribution < -0.4 is 0 Å². The van der Waals surface area contributed by atoms with Gasteiger partial charge in [-0.05, 0) is 13.8 Å². The van der Waals surface area contributed by atoms with Crippen LogP contribution in [0, 0.1) is 13.8 Å². The highest BCUT2D eigenvalue weighted by atomic mass is 16.4. The fourth-order valence-corrected chi connectivity index (χ4v) is 0.991. The molecule has 2 rings (SSSR count). The highest BCUT2D eigenvalue weighted by Gasteiger charge is 2.04. The summed E-state index contributed by atoms with van der Waals surface area (Å²) in [5.74, 6) is 2.10. The molecule has 2 aromatic rings. The summed E-state index contributed by atoms with van der Waals surface area (Å²) in [6, 6.07) is 0. The van der Waals surface area contributed by atoms with Crippen LogP contribution in [0.1, 0.15) is 11.6 Å². The number of aryl methyl sites for hydroxylation is 2. The average molecular weight is 175 g/mol. The van der Waals surface area contributed by atoms with Crippen molar-refractivity contribution in [2.75, 3.05) is 0 Å². The molecule has 0 radical (unpaired) electrons. The van der Waals surface area contributed by atoms with Crippen LogP contribution in [0.25, 0.3) is 11.5 Å². The van der Waals surface area contributed by atoms with E-state index in [-0.39, 0.29) is 0 Å². The summed E-state index contributed by atoms with van der Waals surface area (Å²) in [5, 5.41) is 0. The largest absolute Gasteiger partial charge is 0.441 e. The molecule has 2 heterocycles. The normalized spacial score (nSPS) is 10.3. The Morgan fingerprint density at radius 2 is 1.69 bits per heavy atom. The zero-order valence-corrected chi connectivity index (χ0v) is 7.48. The van der Waals surface area contributed by atoms with Crippen molar-refractivity contribution in [2.45, 2.75) is 13.8 Å². The van der Waals surface area contributed by atoms with Gasteiger partial charge in [-0.15, -0.1) is 0 Å². The Hall–Kier alpha value is -1.71. The first-order valence-electron chi connectivity index (χ1n) is 3.97. The SMILES string of the molecule is Cc1ncc(-c2ncc(C)o2)cn1. The predicted molar refractivity (Wildman–Crippen MR) is 47.0 cm³/mol. The molecule has 0 saturated heterocycles. The fraction of sp³-hybridized carbons (Fsp3) is 0.222. The van der Waals surface area contributed by atoms with E-state index in [1.165, 1.54) is 0 Å². The van der Waals surface area contributed by atoms with Gasteiger partial charge >= 0.3 is 0 Å². The summed E-state index contributed by atoms with van der Waals surface area (Å²) in [7, 11) is 0. The van der Waals surface area contributed by atoms with E-state index in [0.717, 1.165) is 17.1 Å². The molecule has 4 heteroatoms. The van der Waals surface area contributed by atoms with Gasteiger partial charge < -0.3 is 4.42 Å². The van der Waals surface area contributed by atoms with E-state index in [9.17, 15) is 0 Å². The van der Waals surface area contributed by atoms with Gasteiger partial charge in [0.25, 0.3) is 0 Å². The van der Waals surface area contributed by atoms with Gasteiger partial charge in [-0.1, -0.05) is 0 Å². The zero-order chi connectivity index (χ0) is 9.26. The van der Waals surface area contributed by atoms with E-state index < -0.39 is 0 Å². The highest BCUT2D eigenvalue weighted by molar-refractivity contribution is 5.49. The molecule has 0 spiro atoms. The molecule has 0 aliphatic carbocycles. The molecule has 0 fully saturated rings. The van der Waals surface area contributed by atoms with Crippen molar-refractivity contribution in [2.24, 2.45) is 0 Å². The van der Waals surface area contributed by atoms with Crippen molar-refractivity contribution >= 4 is 0 Å². The molecule has 0 aliphatic heterocycles. The Morgan fingerprint density at radius 1 is 1.00 bits per heavy atom. The minimum absolute atomic E-state index is 0.567. The molecular weight excluding hydrogens is 166 g/mol. The first-order valence-corrected chi connectivity index (χ1v) is 3.97. The van der Waals surface area contributed by atoms with Crippen molar-refractivity contribution in [3.8, 4) is 11.5 Å². The predicted octanol–water partition coefficient (Wildman–Crippen LogP) is 1.75. The molecule has 13 heavy (non-hydrogen) atoms. The van der Waals surface area contributed by atoms with Crippen molar-refractivity contribution < 1.29 is 4.42 Å². The lowest BCUT2D eigenvalue weighted by molar-refractivity contribution is 0.542. The third kappa shape index (κ3) is 1.56. The minimum atomic E-state index is 0.567. The lowest BCUT2D eigenvalue weighted by Gasteiger charge is -1.93. The molecule has 0 amide bonds. The van der Waals surface area contributed by atoms with Gasteiger partial charge in [-0.25, -0.2) is 15.0 Å². The summed E-state index contributed by atoms with van der Waals surface area (Å²) in [5.41, 5.74) is 0.804. The van der Waals surface area contributed by atoms with Crippen LogP contribution in [0.2, 0.25) is 0 Å². The van der Waals surface area contributed by atoms with Crippen molar-refractivity contribution in [3.63, 3.8) is 0 Å². The van der Waals surface area contributed by atoms with E-state index in [4.69, 9.17) is 4.42 Å². The van der Waals surface area contributed by atoms with Crippen LogP contribution in [0.3, 0.4) is 0 Å². The van der Waals surface area contributed by atoms with Crippen LogP contribution in [-0.2, 0) is 0 Å². The second-order valence-corrected chi connectivity index (χ2v) is 2.80. The number of hydrogen-bond donors (Lipinski definition) is 0. The molecular formula is C9H9N3O. The first-order chi connectivity index (χ1) is 6.25. The number of hydrogen-bond acceptors (Lipinski definition) is 4. The van der Waals surface area contributed by atoms with Crippen molar-refractivity contribution in [3.05, 3.63) is 30.2 Å². The van der Waals surface area contributed by atoms with Crippen molar-refractivity contribution in [1.29, 1.82) is 0 Å². The number of aromatic nitrogens is 3. The molecule has 0 aromatic carbocycles. The molecule has 0 atom stereocenters. The Labute approximate surface area is 75.7 Å². The Bertz CT molecular complexity index is 405. The standard InChI is InChI=1S/C9H9N3O/c1-6-3-12-9(13-6)8-4-10-7(2)11-5-8/h3-5H,1-2H3. The third-order valence-electron chi connectivity index (χ3n) is 1.65. The maximum atomic E-state index is 5.32. The van der Waals surface area contributed by atoms with Gasteiger partial charge in [-0.3, -0.25) is 0 Å². The molecule has 4 nitrogen and oxygen atoms in total. The topological polar surface area (TPSA) is 51.8 Å². The van der Waals surface area contributed by atoms with Gasteiger partial charge in [0, 0.05) is 12.4 Å². The van der Waals surface area contributed by atoms with Crippen LogP contribution in [0.15, 0.2) is 23.0 Å². The Balaban J connectivity index is 2.41. The van der Waals surface area contributed by atoms with Gasteiger partial charge in [0.05, 0.1) is 11.8 Å². The quantitative estimate of drug-likeness (QED) is 0.662. The molecule has 0 saturated carbocycles. The van der Waals surface area contributed by atoms with Crippen LogP contribution in [0.5, 0.6) is 0 Å². The number of oxazole rings is 1. The molecule has 2 aromatic heterocycles. The maximum Gasteiger partial charge on any atom is 0.229 e. The smallest absolute Gasteiger partial charge is 0.229 e. The lowest BCUT2D eigenvalue weighted by Crippen LogP contribution is -1.87. The Kier molecular flexibility index (Phi) is 1.81. The second kappa shape index (κ2) is 2.97. The zero-order valence-electron chi connectivity index (χ0n) is 7.48. The molecule has 0 unspecified atom stereocenters. The molecule has 0 aliphatic rings. The van der Waals surface area contributed by atoms with E-state index >= 15 is 0 Å². The summed E-state index contributed by atoms with van der Waals surface area (Å²) in [6.45, 7) is 3.69. The van der Waals surface area contributed by atoms with Gasteiger partial charge in [0.1, 0.15) is 11.6 Å². The Morgan fingerprint density at radius 3 is 2.23 bits per heavy atom. The minimum Gasteiger partial charge on any atom is -0.441 e. The van der Waals surface area contributed by atoms with Crippen LogP contribution in [0.4, 0.5) is 0 Å². The highest BCUT2D eigenvalue weighted by Crippen LogP contribution is 2.16. The molecule has 0 N–H and O–H groups in total. The summed E-state index contributed by atoms with van der Waals surface area (Å²) < 4.78 is 5.32. The van der Waals surface area contributed by atoms with Gasteiger partial charge in [-0.2, -0.15) is 0 Å². The number of rotatable bonds is 1. The third-order valence-corrected chi connectivity index (χ3v) is 1.65. The van der Waals surface area contributed by atoms with Crippen LogP contribution in [-0.4, -0.2) is 15.0 Å². The fourth-order valence-electron chi connectivity index (χ4n) is 0.991. The van der Waals surface area contributed by atoms with Crippen molar-refractivity contribution in [1.82, 2.24) is 15.0 Å². The molecule has 0 bridgehead atoms. The summed E-state index contributed by atoms with van der Waals surface area (Å²) in [6.07, 6.45) is 5.08. The summed E-state index contributed by atoms with van der Waals surface area (Å²) in [4.78, 5) is 12.2. The molecule has 66 valence electrons. The van der Waals surface area contributed by atoms with E-state index in [2.05, 4.69) is 15.0 Å². The maximum absolute atomic E-state index is 5.32. The first kappa shape index (κ1) is 7.91.